The molecule has 15 heavy (non-hydrogen) atoms. The topological polar surface area (TPSA) is 41.3 Å². The summed E-state index contributed by atoms with van der Waals surface area (Å²) < 4.78 is 13.6. The third-order valence-corrected chi connectivity index (χ3v) is 2.57. The third kappa shape index (κ3) is 3.68. The fourth-order valence-electron chi connectivity index (χ4n) is 1.13. The van der Waals surface area contributed by atoms with Gasteiger partial charge in [-0.2, -0.15) is 0 Å². The molecular weight excluding hydrogens is 261 g/mol. The molecule has 0 unspecified atom stereocenters. The van der Waals surface area contributed by atoms with Crippen LogP contribution in [0.3, 0.4) is 0 Å². The van der Waals surface area contributed by atoms with E-state index >= 15 is 0 Å². The Hall–Kier alpha value is -0.810. The zero-order chi connectivity index (χ0) is 11.4. The van der Waals surface area contributed by atoms with Crippen LogP contribution in [0.25, 0.3) is 0 Å². The van der Waals surface area contributed by atoms with Crippen molar-refractivity contribution in [2.24, 2.45) is 0 Å². The van der Waals surface area contributed by atoms with E-state index in [1.807, 2.05) is 19.0 Å². The molecule has 0 spiro atoms. The molecule has 0 bridgehead atoms. The molecule has 0 saturated carbocycles. The van der Waals surface area contributed by atoms with Crippen LogP contribution in [0.5, 0.6) is 0 Å². The highest BCUT2D eigenvalue weighted by atomic mass is 79.9. The first kappa shape index (κ1) is 12.3. The Labute approximate surface area is 97.6 Å². The summed E-state index contributed by atoms with van der Waals surface area (Å²) in [6.45, 7) is 1.61. The second-order valence-corrected chi connectivity index (χ2v) is 4.44. The van der Waals surface area contributed by atoms with Gasteiger partial charge in [-0.05, 0) is 36.1 Å². The number of hydrogen-bond acceptors (Lipinski definition) is 3. The van der Waals surface area contributed by atoms with Gasteiger partial charge in [-0.1, -0.05) is 0 Å². The van der Waals surface area contributed by atoms with Gasteiger partial charge in [0.25, 0.3) is 0 Å². The highest BCUT2D eigenvalue weighted by Crippen LogP contribution is 2.26. The van der Waals surface area contributed by atoms with Crippen molar-refractivity contribution in [3.8, 4) is 0 Å². The van der Waals surface area contributed by atoms with Gasteiger partial charge < -0.3 is 16.0 Å². The maximum atomic E-state index is 13.2. The molecule has 1 aromatic rings. The van der Waals surface area contributed by atoms with Gasteiger partial charge in [-0.25, -0.2) is 4.39 Å². The number of halogens is 2. The Balaban J connectivity index is 2.65. The molecule has 0 heterocycles. The molecule has 1 rings (SSSR count). The molecule has 0 atom stereocenters. The largest absolute Gasteiger partial charge is 0.397 e. The number of benzene rings is 1. The van der Waals surface area contributed by atoms with E-state index < -0.39 is 0 Å². The summed E-state index contributed by atoms with van der Waals surface area (Å²) in [6, 6.07) is 2.96. The van der Waals surface area contributed by atoms with Crippen LogP contribution in [0.4, 0.5) is 15.8 Å². The van der Waals surface area contributed by atoms with Crippen LogP contribution in [-0.4, -0.2) is 32.1 Å². The molecule has 1 aromatic carbocycles. The average Bonchev–Trinajstić information content (AvgIpc) is 2.13. The lowest BCUT2D eigenvalue weighted by atomic mass is 10.2. The number of nitrogens with two attached hydrogens (primary N) is 1. The maximum Gasteiger partial charge on any atom is 0.139 e. The molecule has 0 fully saturated rings. The summed E-state index contributed by atoms with van der Waals surface area (Å²) in [5, 5.41) is 3.08. The molecule has 0 aliphatic rings. The standard InChI is InChI=1S/C10H15BrFN3/c1-15(2)4-3-14-10-6-8(12)7(11)5-9(10)13/h5-6,14H,3-4,13H2,1-2H3. The van der Waals surface area contributed by atoms with Crippen LogP contribution in [-0.2, 0) is 0 Å². The lowest BCUT2D eigenvalue weighted by molar-refractivity contribution is 0.425. The van der Waals surface area contributed by atoms with Gasteiger partial charge in [0.15, 0.2) is 0 Å². The van der Waals surface area contributed by atoms with Crippen LogP contribution in [0.15, 0.2) is 16.6 Å². The van der Waals surface area contributed by atoms with Crippen molar-refractivity contribution in [2.75, 3.05) is 38.2 Å². The zero-order valence-electron chi connectivity index (χ0n) is 8.85. The second-order valence-electron chi connectivity index (χ2n) is 3.58. The minimum absolute atomic E-state index is 0.309. The molecule has 0 aromatic heterocycles. The summed E-state index contributed by atoms with van der Waals surface area (Å²) in [5.41, 5.74) is 6.91. The minimum atomic E-state index is -0.309. The monoisotopic (exact) mass is 275 g/mol. The van der Waals surface area contributed by atoms with Gasteiger partial charge in [0.2, 0.25) is 0 Å². The van der Waals surface area contributed by atoms with E-state index in [4.69, 9.17) is 5.73 Å². The van der Waals surface area contributed by atoms with Crippen molar-refractivity contribution < 1.29 is 4.39 Å². The minimum Gasteiger partial charge on any atom is -0.397 e. The Kier molecular flexibility index (Phi) is 4.35. The molecule has 0 aliphatic carbocycles. The summed E-state index contributed by atoms with van der Waals surface area (Å²) in [6.07, 6.45) is 0. The molecule has 0 aliphatic heterocycles. The van der Waals surface area contributed by atoms with Crippen LogP contribution >= 0.6 is 15.9 Å². The first-order valence-corrected chi connectivity index (χ1v) is 5.43. The molecule has 3 N–H and O–H groups in total. The second kappa shape index (κ2) is 5.32. The normalized spacial score (nSPS) is 10.7. The van der Waals surface area contributed by atoms with Gasteiger partial charge >= 0.3 is 0 Å². The molecule has 0 saturated heterocycles. The maximum absolute atomic E-state index is 13.2. The molecule has 0 radical (unpaired) electrons. The highest BCUT2D eigenvalue weighted by molar-refractivity contribution is 9.10. The van der Waals surface area contributed by atoms with Crippen LogP contribution in [0, 0.1) is 5.82 Å². The zero-order valence-corrected chi connectivity index (χ0v) is 10.4. The molecular formula is C10H15BrFN3. The van der Waals surface area contributed by atoms with Gasteiger partial charge in [0.05, 0.1) is 15.8 Å². The van der Waals surface area contributed by atoms with Gasteiger partial charge in [-0.15, -0.1) is 0 Å². The van der Waals surface area contributed by atoms with Crippen LogP contribution in [0.2, 0.25) is 0 Å². The van der Waals surface area contributed by atoms with E-state index in [0.717, 1.165) is 13.1 Å². The van der Waals surface area contributed by atoms with Gasteiger partial charge in [0.1, 0.15) is 5.82 Å². The molecule has 0 amide bonds. The molecule has 3 nitrogen and oxygen atoms in total. The lowest BCUT2D eigenvalue weighted by Crippen LogP contribution is -2.21. The summed E-state index contributed by atoms with van der Waals surface area (Å²) >= 11 is 3.08. The van der Waals surface area contributed by atoms with Gasteiger partial charge in [0, 0.05) is 19.2 Å². The third-order valence-electron chi connectivity index (χ3n) is 1.97. The number of nitrogen functional groups attached to an aromatic ring is 1. The van der Waals surface area contributed by atoms with E-state index in [0.29, 0.717) is 15.8 Å². The Morgan fingerprint density at radius 3 is 2.73 bits per heavy atom. The molecule has 84 valence electrons. The summed E-state index contributed by atoms with van der Waals surface area (Å²) in [7, 11) is 3.96. The van der Waals surface area contributed by atoms with Crippen molar-refractivity contribution in [3.63, 3.8) is 0 Å². The smallest absolute Gasteiger partial charge is 0.139 e. The van der Waals surface area contributed by atoms with E-state index in [2.05, 4.69) is 21.2 Å². The first-order valence-electron chi connectivity index (χ1n) is 4.64. The highest BCUT2D eigenvalue weighted by Gasteiger charge is 2.05. The molecule has 5 heteroatoms. The summed E-state index contributed by atoms with van der Waals surface area (Å²) in [4.78, 5) is 2.04. The Morgan fingerprint density at radius 1 is 1.47 bits per heavy atom. The fourth-order valence-corrected chi connectivity index (χ4v) is 1.49. The fraction of sp³-hybridized carbons (Fsp3) is 0.400. The SMILES string of the molecule is CN(C)CCNc1cc(F)c(Br)cc1N. The van der Waals surface area contributed by atoms with Crippen LogP contribution < -0.4 is 11.1 Å². The number of anilines is 2. The predicted molar refractivity (Wildman–Crippen MR) is 65.6 cm³/mol. The van der Waals surface area contributed by atoms with Crippen molar-refractivity contribution in [3.05, 3.63) is 22.4 Å². The predicted octanol–water partition coefficient (Wildman–Crippen LogP) is 2.14. The number of rotatable bonds is 4. The van der Waals surface area contributed by atoms with Gasteiger partial charge in [-0.3, -0.25) is 0 Å². The van der Waals surface area contributed by atoms with E-state index in [1.165, 1.54) is 6.07 Å². The first-order chi connectivity index (χ1) is 7.00. The van der Waals surface area contributed by atoms with E-state index in [-0.39, 0.29) is 5.82 Å². The van der Waals surface area contributed by atoms with E-state index in [1.54, 1.807) is 6.07 Å². The van der Waals surface area contributed by atoms with Crippen molar-refractivity contribution in [1.82, 2.24) is 4.90 Å². The Morgan fingerprint density at radius 2 is 2.13 bits per heavy atom. The lowest BCUT2D eigenvalue weighted by Gasteiger charge is -2.13. The Bertz CT molecular complexity index is 342. The van der Waals surface area contributed by atoms with E-state index in [9.17, 15) is 4.39 Å². The number of nitrogens with one attached hydrogen (secondary N) is 1. The van der Waals surface area contributed by atoms with Crippen molar-refractivity contribution in [1.29, 1.82) is 0 Å². The van der Waals surface area contributed by atoms with Crippen molar-refractivity contribution in [2.45, 2.75) is 0 Å². The number of hydrogen-bond donors (Lipinski definition) is 2. The number of nitrogens with zero attached hydrogens (tertiary/aromatic N) is 1. The quantitative estimate of drug-likeness (QED) is 0.828. The number of likely N-dealkylation sites (N-methyl/N-ethyl adjacent to an activating group) is 1. The van der Waals surface area contributed by atoms with Crippen molar-refractivity contribution >= 4 is 27.3 Å². The summed E-state index contributed by atoms with van der Waals surface area (Å²) in [5.74, 6) is -0.309. The van der Waals surface area contributed by atoms with Crippen LogP contribution in [0.1, 0.15) is 0 Å². The average molecular weight is 276 g/mol.